The van der Waals surface area contributed by atoms with Crippen LogP contribution >= 0.6 is 0 Å². The molecule has 0 fully saturated rings. The normalized spacial score (nSPS) is 22.8. The third-order valence-corrected chi connectivity index (χ3v) is 3.31. The molecule has 0 aliphatic carbocycles. The lowest BCUT2D eigenvalue weighted by Crippen LogP contribution is -2.35. The van der Waals surface area contributed by atoms with Crippen LogP contribution < -0.4 is 5.32 Å². The van der Waals surface area contributed by atoms with Crippen LogP contribution in [0.4, 0.5) is 18.9 Å². The van der Waals surface area contributed by atoms with Gasteiger partial charge in [-0.05, 0) is 30.4 Å². The number of para-hydroxylation sites is 1. The zero-order valence-corrected chi connectivity index (χ0v) is 10.2. The van der Waals surface area contributed by atoms with Crippen molar-refractivity contribution in [2.45, 2.75) is 44.8 Å². The number of alkyl halides is 3. The molecule has 1 unspecified atom stereocenters. The second-order valence-electron chi connectivity index (χ2n) is 5.36. The predicted molar refractivity (Wildman–Crippen MR) is 62.2 cm³/mol. The Bertz CT molecular complexity index is 421. The molecule has 1 aliphatic heterocycles. The molecule has 0 radical (unpaired) electrons. The summed E-state index contributed by atoms with van der Waals surface area (Å²) in [4.78, 5) is 0. The minimum atomic E-state index is -4.30. The lowest BCUT2D eigenvalue weighted by atomic mass is 9.75. The number of fused-ring (bicyclic) bond motifs is 1. The number of hydrogen-bond acceptors (Lipinski definition) is 1. The summed E-state index contributed by atoms with van der Waals surface area (Å²) in [5, 5.41) is 2.97. The molecule has 0 saturated carbocycles. The van der Waals surface area contributed by atoms with Gasteiger partial charge in [-0.15, -0.1) is 0 Å². The van der Waals surface area contributed by atoms with Crippen LogP contribution in [-0.4, -0.2) is 6.04 Å². The molecule has 0 amide bonds. The van der Waals surface area contributed by atoms with Crippen LogP contribution in [0.15, 0.2) is 18.2 Å². The Morgan fingerprint density at radius 1 is 1.29 bits per heavy atom. The van der Waals surface area contributed by atoms with Crippen molar-refractivity contribution in [2.75, 3.05) is 5.32 Å². The fourth-order valence-corrected chi connectivity index (χ4v) is 2.68. The Labute approximate surface area is 99.0 Å². The van der Waals surface area contributed by atoms with Crippen LogP contribution in [-0.2, 0) is 11.6 Å². The van der Waals surface area contributed by atoms with E-state index < -0.39 is 11.7 Å². The van der Waals surface area contributed by atoms with Gasteiger partial charge >= 0.3 is 6.18 Å². The quantitative estimate of drug-likeness (QED) is 0.720. The Morgan fingerprint density at radius 2 is 1.94 bits per heavy atom. The zero-order valence-electron chi connectivity index (χ0n) is 10.2. The number of rotatable bonds is 0. The summed E-state index contributed by atoms with van der Waals surface area (Å²) >= 11 is 0. The highest BCUT2D eigenvalue weighted by atomic mass is 19.4. The van der Waals surface area contributed by atoms with Gasteiger partial charge in [-0.3, -0.25) is 0 Å². The molecule has 1 aromatic rings. The molecule has 0 bridgehead atoms. The van der Waals surface area contributed by atoms with Crippen molar-refractivity contribution in [3.05, 3.63) is 29.3 Å². The number of halogens is 3. The van der Waals surface area contributed by atoms with E-state index in [0.29, 0.717) is 0 Å². The van der Waals surface area contributed by atoms with Crippen molar-refractivity contribution in [2.24, 2.45) is 0 Å². The van der Waals surface area contributed by atoms with E-state index in [4.69, 9.17) is 0 Å². The van der Waals surface area contributed by atoms with Gasteiger partial charge in [-0.25, -0.2) is 0 Å². The van der Waals surface area contributed by atoms with E-state index in [1.165, 1.54) is 6.07 Å². The summed E-state index contributed by atoms with van der Waals surface area (Å²) < 4.78 is 38.7. The molecule has 1 aromatic carbocycles. The van der Waals surface area contributed by atoms with Gasteiger partial charge in [-0.2, -0.15) is 13.2 Å². The maximum absolute atomic E-state index is 12.9. The van der Waals surface area contributed by atoms with E-state index in [2.05, 4.69) is 5.32 Å². The van der Waals surface area contributed by atoms with Gasteiger partial charge in [0.1, 0.15) is 0 Å². The van der Waals surface area contributed by atoms with Crippen LogP contribution in [0.1, 0.15) is 38.3 Å². The maximum atomic E-state index is 12.9. The highest BCUT2D eigenvalue weighted by Crippen LogP contribution is 2.45. The average Bonchev–Trinajstić information content (AvgIpc) is 2.13. The van der Waals surface area contributed by atoms with Crippen LogP contribution in [0.3, 0.4) is 0 Å². The Morgan fingerprint density at radius 3 is 2.53 bits per heavy atom. The summed E-state index contributed by atoms with van der Waals surface area (Å²) in [6, 6.07) is 4.46. The van der Waals surface area contributed by atoms with E-state index in [9.17, 15) is 13.2 Å². The second-order valence-corrected chi connectivity index (χ2v) is 5.36. The van der Waals surface area contributed by atoms with Gasteiger partial charge in [0.25, 0.3) is 0 Å². The summed E-state index contributed by atoms with van der Waals surface area (Å²) in [5.41, 5.74) is 0.227. The number of anilines is 1. The molecule has 1 aliphatic rings. The first kappa shape index (κ1) is 12.3. The van der Waals surface area contributed by atoms with Crippen LogP contribution in [0.25, 0.3) is 0 Å². The third-order valence-electron chi connectivity index (χ3n) is 3.31. The average molecular weight is 243 g/mol. The van der Waals surface area contributed by atoms with Gasteiger partial charge in [0.05, 0.1) is 11.3 Å². The minimum Gasteiger partial charge on any atom is -0.382 e. The lowest BCUT2D eigenvalue weighted by molar-refractivity contribution is -0.137. The van der Waals surface area contributed by atoms with E-state index in [0.717, 1.165) is 18.1 Å². The minimum absolute atomic E-state index is 0.0565. The smallest absolute Gasteiger partial charge is 0.382 e. The van der Waals surface area contributed by atoms with Crippen molar-refractivity contribution in [1.82, 2.24) is 0 Å². The molecular weight excluding hydrogens is 227 g/mol. The van der Waals surface area contributed by atoms with E-state index >= 15 is 0 Å². The predicted octanol–water partition coefficient (Wildman–Crippen LogP) is 4.19. The Hall–Kier alpha value is -1.19. The molecule has 0 saturated heterocycles. The molecule has 1 heterocycles. The highest BCUT2D eigenvalue weighted by molar-refractivity contribution is 5.63. The third kappa shape index (κ3) is 2.13. The van der Waals surface area contributed by atoms with Crippen molar-refractivity contribution >= 4 is 5.69 Å². The number of hydrogen-bond donors (Lipinski definition) is 1. The number of nitrogens with one attached hydrogen (secondary N) is 1. The first-order valence-corrected chi connectivity index (χ1v) is 5.69. The van der Waals surface area contributed by atoms with Crippen molar-refractivity contribution in [3.8, 4) is 0 Å². The maximum Gasteiger partial charge on any atom is 0.418 e. The molecule has 4 heteroatoms. The molecule has 1 N–H and O–H groups in total. The molecule has 17 heavy (non-hydrogen) atoms. The molecular formula is C13H16F3N. The second kappa shape index (κ2) is 3.65. The van der Waals surface area contributed by atoms with Crippen molar-refractivity contribution in [1.29, 1.82) is 0 Å². The summed E-state index contributed by atoms with van der Waals surface area (Å²) in [5.74, 6) is 0. The van der Waals surface area contributed by atoms with Crippen molar-refractivity contribution in [3.63, 3.8) is 0 Å². The zero-order chi connectivity index (χ0) is 12.8. The molecule has 94 valence electrons. The molecule has 0 spiro atoms. The lowest BCUT2D eigenvalue weighted by Gasteiger charge is -2.38. The van der Waals surface area contributed by atoms with E-state index in [1.807, 2.05) is 20.8 Å². The van der Waals surface area contributed by atoms with Crippen LogP contribution in [0, 0.1) is 0 Å². The molecule has 0 aromatic heterocycles. The fraction of sp³-hybridized carbons (Fsp3) is 0.538. The number of benzene rings is 1. The largest absolute Gasteiger partial charge is 0.418 e. The Balaban J connectivity index is 2.62. The van der Waals surface area contributed by atoms with Crippen LogP contribution in [0.5, 0.6) is 0 Å². The van der Waals surface area contributed by atoms with Crippen molar-refractivity contribution < 1.29 is 13.2 Å². The monoisotopic (exact) mass is 243 g/mol. The van der Waals surface area contributed by atoms with E-state index in [-0.39, 0.29) is 17.1 Å². The standard InChI is InChI=1S/C13H16F3N/c1-8-7-12(2,3)9-5-4-6-10(11(9)17-8)13(14,15)16/h4-6,8,17H,7H2,1-3H3. The topological polar surface area (TPSA) is 12.0 Å². The van der Waals surface area contributed by atoms with Gasteiger partial charge in [0.2, 0.25) is 0 Å². The van der Waals surface area contributed by atoms with Gasteiger partial charge < -0.3 is 5.32 Å². The summed E-state index contributed by atoms with van der Waals surface area (Å²) in [6.45, 7) is 5.89. The Kier molecular flexibility index (Phi) is 2.64. The SMILES string of the molecule is CC1CC(C)(C)c2cccc(C(F)(F)F)c2N1. The molecule has 1 nitrogen and oxygen atoms in total. The first-order chi connectivity index (χ1) is 7.72. The molecule has 1 atom stereocenters. The van der Waals surface area contributed by atoms with E-state index in [1.54, 1.807) is 6.07 Å². The van der Waals surface area contributed by atoms with Gasteiger partial charge in [0.15, 0.2) is 0 Å². The highest BCUT2D eigenvalue weighted by Gasteiger charge is 2.39. The molecule has 2 rings (SSSR count). The van der Waals surface area contributed by atoms with Crippen LogP contribution in [0.2, 0.25) is 0 Å². The summed E-state index contributed by atoms with van der Waals surface area (Å²) in [6.07, 6.45) is -3.47. The fourth-order valence-electron chi connectivity index (χ4n) is 2.68. The first-order valence-electron chi connectivity index (χ1n) is 5.69. The summed E-state index contributed by atoms with van der Waals surface area (Å²) in [7, 11) is 0. The van der Waals surface area contributed by atoms with Gasteiger partial charge in [-0.1, -0.05) is 26.0 Å². The van der Waals surface area contributed by atoms with Gasteiger partial charge in [0, 0.05) is 6.04 Å².